The third-order valence-electron chi connectivity index (χ3n) is 4.71. The molecule has 4 heteroatoms. The van der Waals surface area contributed by atoms with Crippen molar-refractivity contribution in [2.24, 2.45) is 11.8 Å². The summed E-state index contributed by atoms with van der Waals surface area (Å²) >= 11 is 6.15. The Morgan fingerprint density at radius 1 is 1.37 bits per heavy atom. The van der Waals surface area contributed by atoms with E-state index in [1.807, 2.05) is 23.1 Å². The lowest BCUT2D eigenvalue weighted by atomic mass is 9.84. The summed E-state index contributed by atoms with van der Waals surface area (Å²) in [7, 11) is 0. The summed E-state index contributed by atoms with van der Waals surface area (Å²) in [5, 5.41) is 3.97. The number of carbonyl (C=O) groups excluding carboxylic acids is 1. The molecule has 1 aromatic carbocycles. The number of benzene rings is 1. The molecule has 1 amide bonds. The number of hydrogen-bond acceptors (Lipinski definition) is 2. The number of halogens is 1. The van der Waals surface area contributed by atoms with Gasteiger partial charge >= 0.3 is 0 Å². The Bertz CT molecular complexity index is 515. The smallest absolute Gasteiger partial charge is 0.255 e. The van der Waals surface area contributed by atoms with Crippen molar-refractivity contribution in [1.82, 2.24) is 10.2 Å². The molecular formula is C15H19ClN2O. The molecule has 0 aromatic heterocycles. The van der Waals surface area contributed by atoms with Crippen LogP contribution in [0.4, 0.5) is 0 Å². The van der Waals surface area contributed by atoms with E-state index in [1.54, 1.807) is 6.07 Å². The van der Waals surface area contributed by atoms with Crippen molar-refractivity contribution in [2.75, 3.05) is 19.6 Å². The van der Waals surface area contributed by atoms with Crippen LogP contribution in [0.5, 0.6) is 0 Å². The highest BCUT2D eigenvalue weighted by Crippen LogP contribution is 2.41. The second-order valence-electron chi connectivity index (χ2n) is 6.07. The van der Waals surface area contributed by atoms with Crippen LogP contribution in [-0.4, -0.2) is 36.0 Å². The first-order valence-corrected chi connectivity index (χ1v) is 7.17. The van der Waals surface area contributed by atoms with Gasteiger partial charge in [-0.25, -0.2) is 0 Å². The van der Waals surface area contributed by atoms with Crippen molar-refractivity contribution in [3.8, 4) is 0 Å². The highest BCUT2D eigenvalue weighted by Gasteiger charge is 2.51. The maximum Gasteiger partial charge on any atom is 0.255 e. The van der Waals surface area contributed by atoms with Crippen molar-refractivity contribution < 1.29 is 4.79 Å². The zero-order chi connectivity index (χ0) is 13.6. The molecule has 19 heavy (non-hydrogen) atoms. The van der Waals surface area contributed by atoms with Crippen LogP contribution in [0.25, 0.3) is 0 Å². The number of rotatable bonds is 1. The average molecular weight is 279 g/mol. The van der Waals surface area contributed by atoms with Gasteiger partial charge in [0.05, 0.1) is 10.6 Å². The topological polar surface area (TPSA) is 32.3 Å². The molecule has 2 atom stereocenters. The van der Waals surface area contributed by atoms with E-state index in [0.717, 1.165) is 19.6 Å². The van der Waals surface area contributed by atoms with Gasteiger partial charge in [-0.15, -0.1) is 0 Å². The molecule has 1 N–H and O–H groups in total. The number of hydrogen-bond donors (Lipinski definition) is 1. The van der Waals surface area contributed by atoms with E-state index in [2.05, 4.69) is 19.2 Å². The Hall–Kier alpha value is -1.06. The van der Waals surface area contributed by atoms with Gasteiger partial charge in [0.1, 0.15) is 0 Å². The molecule has 2 saturated heterocycles. The van der Waals surface area contributed by atoms with Gasteiger partial charge in [0.2, 0.25) is 0 Å². The molecule has 2 aliphatic rings. The van der Waals surface area contributed by atoms with E-state index in [0.29, 0.717) is 22.4 Å². The van der Waals surface area contributed by atoms with Gasteiger partial charge in [-0.3, -0.25) is 4.79 Å². The summed E-state index contributed by atoms with van der Waals surface area (Å²) in [6.07, 6.45) is 0. The minimum Gasteiger partial charge on any atom is -0.333 e. The highest BCUT2D eigenvalue weighted by molar-refractivity contribution is 6.33. The number of amides is 1. The van der Waals surface area contributed by atoms with Gasteiger partial charge in [-0.05, 0) is 37.8 Å². The number of likely N-dealkylation sites (tertiary alicyclic amines) is 1. The molecule has 1 aromatic rings. The third kappa shape index (κ3) is 1.96. The first-order valence-electron chi connectivity index (χ1n) is 6.79. The second-order valence-corrected chi connectivity index (χ2v) is 6.48. The van der Waals surface area contributed by atoms with E-state index in [1.165, 1.54) is 0 Å². The first-order chi connectivity index (χ1) is 9.01. The standard InChI is InChI=1S/C15H19ClN2O/c1-15(2)12-8-17-7-10(12)9-18(15)14(19)11-5-3-4-6-13(11)16/h3-6,10,12,17H,7-9H2,1-2H3. The van der Waals surface area contributed by atoms with Gasteiger partial charge in [-0.2, -0.15) is 0 Å². The zero-order valence-corrected chi connectivity index (χ0v) is 12.1. The van der Waals surface area contributed by atoms with E-state index in [-0.39, 0.29) is 11.4 Å². The fourth-order valence-electron chi connectivity index (χ4n) is 3.55. The summed E-state index contributed by atoms with van der Waals surface area (Å²) < 4.78 is 0. The Balaban J connectivity index is 1.91. The molecule has 102 valence electrons. The predicted molar refractivity (Wildman–Crippen MR) is 76.4 cm³/mol. The van der Waals surface area contributed by atoms with E-state index < -0.39 is 0 Å². The molecule has 2 fully saturated rings. The quantitative estimate of drug-likeness (QED) is 0.856. The first kappa shape index (κ1) is 12.9. The molecular weight excluding hydrogens is 260 g/mol. The molecule has 0 saturated carbocycles. The van der Waals surface area contributed by atoms with Crippen LogP contribution in [0.1, 0.15) is 24.2 Å². The van der Waals surface area contributed by atoms with Crippen molar-refractivity contribution in [1.29, 1.82) is 0 Å². The summed E-state index contributed by atoms with van der Waals surface area (Å²) in [4.78, 5) is 14.7. The van der Waals surface area contributed by atoms with Crippen molar-refractivity contribution in [3.05, 3.63) is 34.9 Å². The summed E-state index contributed by atoms with van der Waals surface area (Å²) in [6.45, 7) is 7.18. The zero-order valence-electron chi connectivity index (χ0n) is 11.3. The second kappa shape index (κ2) is 4.50. The lowest BCUT2D eigenvalue weighted by molar-refractivity contribution is 0.0603. The lowest BCUT2D eigenvalue weighted by Gasteiger charge is -2.35. The molecule has 2 heterocycles. The van der Waals surface area contributed by atoms with E-state index >= 15 is 0 Å². The van der Waals surface area contributed by atoms with Crippen LogP contribution < -0.4 is 5.32 Å². The van der Waals surface area contributed by atoms with Gasteiger partial charge in [0.25, 0.3) is 5.91 Å². The number of nitrogens with zero attached hydrogens (tertiary/aromatic N) is 1. The largest absolute Gasteiger partial charge is 0.333 e. The maximum absolute atomic E-state index is 12.7. The molecule has 0 radical (unpaired) electrons. The Morgan fingerprint density at radius 3 is 2.79 bits per heavy atom. The highest BCUT2D eigenvalue weighted by atomic mass is 35.5. The van der Waals surface area contributed by atoms with E-state index in [4.69, 9.17) is 11.6 Å². The minimum absolute atomic E-state index is 0.0602. The molecule has 0 bridgehead atoms. The monoisotopic (exact) mass is 278 g/mol. The van der Waals surface area contributed by atoms with Crippen molar-refractivity contribution in [3.63, 3.8) is 0 Å². The Labute approximate surface area is 118 Å². The van der Waals surface area contributed by atoms with Gasteiger partial charge < -0.3 is 10.2 Å². The van der Waals surface area contributed by atoms with Crippen LogP contribution in [0, 0.1) is 11.8 Å². The number of nitrogens with one attached hydrogen (secondary N) is 1. The molecule has 2 aliphatic heterocycles. The lowest BCUT2D eigenvalue weighted by Crippen LogP contribution is -2.47. The summed E-state index contributed by atoms with van der Waals surface area (Å²) in [5.74, 6) is 1.17. The Morgan fingerprint density at radius 2 is 2.11 bits per heavy atom. The third-order valence-corrected chi connectivity index (χ3v) is 5.04. The fraction of sp³-hybridized carbons (Fsp3) is 0.533. The summed E-state index contributed by atoms with van der Waals surface area (Å²) in [5.41, 5.74) is 0.509. The van der Waals surface area contributed by atoms with Crippen molar-refractivity contribution in [2.45, 2.75) is 19.4 Å². The van der Waals surface area contributed by atoms with Gasteiger partial charge in [-0.1, -0.05) is 23.7 Å². The van der Waals surface area contributed by atoms with Crippen LogP contribution in [0.15, 0.2) is 24.3 Å². The average Bonchev–Trinajstić information content (AvgIpc) is 2.92. The van der Waals surface area contributed by atoms with Crippen LogP contribution in [0.3, 0.4) is 0 Å². The van der Waals surface area contributed by atoms with E-state index in [9.17, 15) is 4.79 Å². The number of carbonyl (C=O) groups is 1. The Kier molecular flexibility index (Phi) is 3.06. The van der Waals surface area contributed by atoms with Gasteiger partial charge in [0, 0.05) is 25.2 Å². The normalized spacial score (nSPS) is 28.5. The molecule has 2 unspecified atom stereocenters. The SMILES string of the molecule is CC1(C)C2CNCC2CN1C(=O)c1ccccc1Cl. The van der Waals surface area contributed by atoms with Crippen LogP contribution in [-0.2, 0) is 0 Å². The summed E-state index contributed by atoms with van der Waals surface area (Å²) in [6, 6.07) is 7.31. The molecule has 0 spiro atoms. The molecule has 0 aliphatic carbocycles. The van der Waals surface area contributed by atoms with Crippen molar-refractivity contribution >= 4 is 17.5 Å². The maximum atomic E-state index is 12.7. The number of fused-ring (bicyclic) bond motifs is 1. The van der Waals surface area contributed by atoms with Gasteiger partial charge in [0.15, 0.2) is 0 Å². The minimum atomic E-state index is -0.107. The van der Waals surface area contributed by atoms with Crippen LogP contribution >= 0.6 is 11.6 Å². The molecule has 3 nitrogen and oxygen atoms in total. The molecule has 3 rings (SSSR count). The van der Waals surface area contributed by atoms with Crippen LogP contribution in [0.2, 0.25) is 5.02 Å². The fourth-order valence-corrected chi connectivity index (χ4v) is 3.76. The predicted octanol–water partition coefficient (Wildman–Crippen LogP) is 2.41.